The lowest BCUT2D eigenvalue weighted by molar-refractivity contribution is -0.163. The summed E-state index contributed by atoms with van der Waals surface area (Å²) in [6, 6.07) is 14.7. The van der Waals surface area contributed by atoms with Crippen LogP contribution >= 0.6 is 0 Å². The SMILES string of the molecule is COC(=O)C(OC(=O)/C=C/c1ccc(S(=O)(=O)N2CCOCC2)cc1)c1ccccc1. The normalized spacial score (nSPS) is 16.0. The van der Waals surface area contributed by atoms with Gasteiger partial charge in [-0.2, -0.15) is 4.31 Å². The Kier molecular flexibility index (Phi) is 7.56. The first kappa shape index (κ1) is 22.7. The van der Waals surface area contributed by atoms with E-state index in [9.17, 15) is 18.0 Å². The number of carbonyl (C=O) groups excluding carboxylic acids is 2. The molecule has 1 atom stereocenters. The zero-order valence-electron chi connectivity index (χ0n) is 17.0. The molecule has 1 unspecified atom stereocenters. The summed E-state index contributed by atoms with van der Waals surface area (Å²) < 4.78 is 41.8. The molecule has 0 N–H and O–H groups in total. The van der Waals surface area contributed by atoms with Crippen LogP contribution in [0.2, 0.25) is 0 Å². The molecule has 1 saturated heterocycles. The van der Waals surface area contributed by atoms with E-state index in [-0.39, 0.29) is 4.90 Å². The van der Waals surface area contributed by atoms with Crippen molar-refractivity contribution in [2.45, 2.75) is 11.0 Å². The molecule has 2 aromatic rings. The Hall–Kier alpha value is -3.01. The topological polar surface area (TPSA) is 99.2 Å². The van der Waals surface area contributed by atoms with Gasteiger partial charge in [0.05, 0.1) is 25.2 Å². The van der Waals surface area contributed by atoms with Crippen molar-refractivity contribution in [3.63, 3.8) is 0 Å². The molecular weight excluding hydrogens is 422 g/mol. The molecule has 1 aliphatic heterocycles. The third kappa shape index (κ3) is 5.78. The lowest BCUT2D eigenvalue weighted by atomic mass is 10.1. The highest BCUT2D eigenvalue weighted by Crippen LogP contribution is 2.20. The first-order chi connectivity index (χ1) is 14.9. The molecule has 0 spiro atoms. The van der Waals surface area contributed by atoms with E-state index in [4.69, 9.17) is 14.2 Å². The predicted octanol–water partition coefficient (Wildman–Crippen LogP) is 2.18. The van der Waals surface area contributed by atoms with E-state index in [0.29, 0.717) is 37.4 Å². The molecule has 9 heteroatoms. The molecule has 1 fully saturated rings. The lowest BCUT2D eigenvalue weighted by Crippen LogP contribution is -2.40. The largest absolute Gasteiger partial charge is 0.466 e. The fourth-order valence-electron chi connectivity index (χ4n) is 2.99. The smallest absolute Gasteiger partial charge is 0.351 e. The molecule has 0 aliphatic carbocycles. The summed E-state index contributed by atoms with van der Waals surface area (Å²) in [7, 11) is -2.37. The number of ether oxygens (including phenoxy) is 3. The van der Waals surface area contributed by atoms with Crippen molar-refractivity contribution in [1.29, 1.82) is 0 Å². The average Bonchev–Trinajstić information content (AvgIpc) is 2.82. The number of morpholine rings is 1. The second kappa shape index (κ2) is 10.3. The fourth-order valence-corrected chi connectivity index (χ4v) is 4.40. The standard InChI is InChI=1S/C22H23NO7S/c1-28-22(25)21(18-5-3-2-4-6-18)30-20(24)12-9-17-7-10-19(11-8-17)31(26,27)23-13-15-29-16-14-23/h2-12,21H,13-16H2,1H3/b12-9+. The van der Waals surface area contributed by atoms with Gasteiger partial charge in [-0.3, -0.25) is 0 Å². The number of hydrogen-bond donors (Lipinski definition) is 0. The Morgan fingerprint density at radius 2 is 1.68 bits per heavy atom. The summed E-state index contributed by atoms with van der Waals surface area (Å²) in [6.07, 6.45) is 1.47. The molecule has 8 nitrogen and oxygen atoms in total. The van der Waals surface area contributed by atoms with E-state index in [1.165, 1.54) is 35.7 Å². The van der Waals surface area contributed by atoms with Crippen LogP contribution in [0.25, 0.3) is 6.08 Å². The second-order valence-corrected chi connectivity index (χ2v) is 8.61. The zero-order valence-corrected chi connectivity index (χ0v) is 17.8. The van der Waals surface area contributed by atoms with Crippen LogP contribution in [0, 0.1) is 0 Å². The van der Waals surface area contributed by atoms with Crippen LogP contribution in [0.5, 0.6) is 0 Å². The van der Waals surface area contributed by atoms with Crippen molar-refractivity contribution in [2.75, 3.05) is 33.4 Å². The Balaban J connectivity index is 1.67. The molecule has 0 amide bonds. The number of nitrogens with zero attached hydrogens (tertiary/aromatic N) is 1. The first-order valence-corrected chi connectivity index (χ1v) is 11.1. The van der Waals surface area contributed by atoms with Gasteiger partial charge in [0.2, 0.25) is 16.1 Å². The van der Waals surface area contributed by atoms with Crippen molar-refractivity contribution in [3.05, 3.63) is 71.8 Å². The van der Waals surface area contributed by atoms with Gasteiger partial charge in [-0.15, -0.1) is 0 Å². The monoisotopic (exact) mass is 445 g/mol. The molecule has 31 heavy (non-hydrogen) atoms. The summed E-state index contributed by atoms with van der Waals surface area (Å²) in [6.45, 7) is 1.38. The number of esters is 2. The van der Waals surface area contributed by atoms with Crippen molar-refractivity contribution in [1.82, 2.24) is 4.31 Å². The molecule has 1 heterocycles. The van der Waals surface area contributed by atoms with Gasteiger partial charge in [-0.1, -0.05) is 42.5 Å². The molecule has 1 aliphatic rings. The summed E-state index contributed by atoms with van der Waals surface area (Å²) in [5, 5.41) is 0. The lowest BCUT2D eigenvalue weighted by Gasteiger charge is -2.26. The van der Waals surface area contributed by atoms with Crippen LogP contribution < -0.4 is 0 Å². The Morgan fingerprint density at radius 1 is 1.03 bits per heavy atom. The highest BCUT2D eigenvalue weighted by atomic mass is 32.2. The van der Waals surface area contributed by atoms with Crippen LogP contribution in [0.1, 0.15) is 17.2 Å². The number of hydrogen-bond acceptors (Lipinski definition) is 7. The second-order valence-electron chi connectivity index (χ2n) is 6.67. The van der Waals surface area contributed by atoms with E-state index in [1.807, 2.05) is 0 Å². The highest BCUT2D eigenvalue weighted by Gasteiger charge is 2.26. The maximum absolute atomic E-state index is 12.6. The molecule has 0 saturated carbocycles. The van der Waals surface area contributed by atoms with Crippen LogP contribution in [-0.2, 0) is 33.8 Å². The van der Waals surface area contributed by atoms with Gasteiger partial charge in [-0.05, 0) is 23.8 Å². The molecule has 2 aromatic carbocycles. The summed E-state index contributed by atoms with van der Waals surface area (Å²) >= 11 is 0. The minimum absolute atomic E-state index is 0.170. The van der Waals surface area contributed by atoms with Crippen LogP contribution in [0.3, 0.4) is 0 Å². The Bertz CT molecular complexity index is 1030. The number of methoxy groups -OCH3 is 1. The van der Waals surface area contributed by atoms with Gasteiger partial charge in [0.15, 0.2) is 0 Å². The van der Waals surface area contributed by atoms with Crippen molar-refractivity contribution >= 4 is 28.0 Å². The van der Waals surface area contributed by atoms with Crippen LogP contribution in [0.4, 0.5) is 0 Å². The van der Waals surface area contributed by atoms with Gasteiger partial charge in [0, 0.05) is 24.7 Å². The van der Waals surface area contributed by atoms with Gasteiger partial charge in [-0.25, -0.2) is 18.0 Å². The maximum atomic E-state index is 12.6. The third-order valence-electron chi connectivity index (χ3n) is 4.65. The number of benzene rings is 2. The quantitative estimate of drug-likeness (QED) is 0.476. The number of rotatable bonds is 7. The molecule has 0 aromatic heterocycles. The average molecular weight is 445 g/mol. The van der Waals surface area contributed by atoms with Gasteiger partial charge in [0.25, 0.3) is 0 Å². The van der Waals surface area contributed by atoms with Crippen molar-refractivity contribution in [2.24, 2.45) is 0 Å². The predicted molar refractivity (Wildman–Crippen MR) is 112 cm³/mol. The minimum Gasteiger partial charge on any atom is -0.466 e. The van der Waals surface area contributed by atoms with E-state index in [2.05, 4.69) is 0 Å². The van der Waals surface area contributed by atoms with Crippen LogP contribution in [0.15, 0.2) is 65.6 Å². The molecule has 0 bridgehead atoms. The van der Waals surface area contributed by atoms with E-state index < -0.39 is 28.1 Å². The Labute approximate surface area is 181 Å². The van der Waals surface area contributed by atoms with Crippen molar-refractivity contribution in [3.8, 4) is 0 Å². The summed E-state index contributed by atoms with van der Waals surface area (Å²) in [5.41, 5.74) is 1.10. The molecule has 0 radical (unpaired) electrons. The summed E-state index contributed by atoms with van der Waals surface area (Å²) in [4.78, 5) is 24.4. The minimum atomic E-state index is -3.58. The maximum Gasteiger partial charge on any atom is 0.351 e. The molecule has 164 valence electrons. The highest BCUT2D eigenvalue weighted by molar-refractivity contribution is 7.89. The molecular formula is C22H23NO7S. The van der Waals surface area contributed by atoms with Gasteiger partial charge >= 0.3 is 11.9 Å². The first-order valence-electron chi connectivity index (χ1n) is 9.61. The van der Waals surface area contributed by atoms with E-state index in [0.717, 1.165) is 0 Å². The third-order valence-corrected chi connectivity index (χ3v) is 6.56. The molecule has 3 rings (SSSR count). The van der Waals surface area contributed by atoms with Crippen LogP contribution in [-0.4, -0.2) is 58.1 Å². The number of sulfonamides is 1. The zero-order chi connectivity index (χ0) is 22.3. The van der Waals surface area contributed by atoms with E-state index >= 15 is 0 Å². The number of carbonyl (C=O) groups is 2. The van der Waals surface area contributed by atoms with E-state index in [1.54, 1.807) is 42.5 Å². The Morgan fingerprint density at radius 3 is 2.29 bits per heavy atom. The van der Waals surface area contributed by atoms with Gasteiger partial charge < -0.3 is 14.2 Å². The summed E-state index contributed by atoms with van der Waals surface area (Å²) in [5.74, 6) is -1.42. The van der Waals surface area contributed by atoms with Gasteiger partial charge in [0.1, 0.15) is 0 Å². The van der Waals surface area contributed by atoms with Crippen molar-refractivity contribution < 1.29 is 32.2 Å². The fraction of sp³-hybridized carbons (Fsp3) is 0.273.